The maximum Gasteiger partial charge on any atom is 0.191 e. The molecule has 0 unspecified atom stereocenters. The summed E-state index contributed by atoms with van der Waals surface area (Å²) in [5.74, 6) is 1.67. The molecule has 3 rings (SSSR count). The third-order valence-corrected chi connectivity index (χ3v) is 4.31. The van der Waals surface area contributed by atoms with E-state index in [9.17, 15) is 0 Å². The van der Waals surface area contributed by atoms with Gasteiger partial charge in [-0.15, -0.1) is 24.0 Å². The molecule has 1 aromatic heterocycles. The topological polar surface area (TPSA) is 63.5 Å². The van der Waals surface area contributed by atoms with Crippen molar-refractivity contribution in [1.29, 1.82) is 0 Å². The van der Waals surface area contributed by atoms with E-state index < -0.39 is 0 Å². The fourth-order valence-electron chi connectivity index (χ4n) is 2.85. The number of rotatable bonds is 8. The molecule has 0 aliphatic carbocycles. The molecule has 6 nitrogen and oxygen atoms in total. The maximum absolute atomic E-state index is 5.27. The van der Waals surface area contributed by atoms with Gasteiger partial charge in [-0.05, 0) is 54.8 Å². The quantitative estimate of drug-likeness (QED) is 0.278. The molecule has 1 heterocycles. The monoisotopic (exact) mass is 505 g/mol. The van der Waals surface area contributed by atoms with Crippen LogP contribution < -0.4 is 15.4 Å². The molecular weight excluding hydrogens is 477 g/mol. The molecule has 0 bridgehead atoms. The molecule has 0 fully saturated rings. The van der Waals surface area contributed by atoms with Gasteiger partial charge in [0.05, 0.1) is 19.3 Å². The minimum Gasteiger partial charge on any atom is -0.497 e. The Bertz CT molecular complexity index is 878. The average molecular weight is 505 g/mol. The highest BCUT2D eigenvalue weighted by atomic mass is 127. The molecular formula is C22H28IN5O. The number of benzene rings is 2. The van der Waals surface area contributed by atoms with Gasteiger partial charge in [-0.3, -0.25) is 0 Å². The van der Waals surface area contributed by atoms with E-state index in [2.05, 4.69) is 58.0 Å². The zero-order chi connectivity index (χ0) is 19.6. The lowest BCUT2D eigenvalue weighted by molar-refractivity contribution is 0.414. The van der Waals surface area contributed by atoms with Gasteiger partial charge >= 0.3 is 0 Å². The van der Waals surface area contributed by atoms with E-state index in [0.29, 0.717) is 6.54 Å². The number of guanidine groups is 1. The number of halogens is 1. The van der Waals surface area contributed by atoms with Crippen LogP contribution in [0.3, 0.4) is 0 Å². The summed E-state index contributed by atoms with van der Waals surface area (Å²) >= 11 is 0. The summed E-state index contributed by atoms with van der Waals surface area (Å²) in [6, 6.07) is 18.4. The molecule has 2 N–H and O–H groups in total. The molecule has 0 aliphatic rings. The van der Waals surface area contributed by atoms with Gasteiger partial charge in [-0.25, -0.2) is 9.67 Å². The number of hydrogen-bond acceptors (Lipinski definition) is 3. The van der Waals surface area contributed by atoms with Crippen LogP contribution in [0.5, 0.6) is 5.75 Å². The lowest BCUT2D eigenvalue weighted by Gasteiger charge is -2.12. The normalized spacial score (nSPS) is 10.9. The van der Waals surface area contributed by atoms with Crippen LogP contribution in [0.25, 0.3) is 5.69 Å². The zero-order valence-corrected chi connectivity index (χ0v) is 19.2. The number of aliphatic imine (C=N–C) groups is 1. The predicted octanol–water partition coefficient (Wildman–Crippen LogP) is 3.80. The molecule has 0 amide bonds. The van der Waals surface area contributed by atoms with Crippen molar-refractivity contribution in [3.05, 3.63) is 78.1 Å². The van der Waals surface area contributed by atoms with E-state index in [1.54, 1.807) is 13.3 Å². The lowest BCUT2D eigenvalue weighted by atomic mass is 10.1. The lowest BCUT2D eigenvalue weighted by Crippen LogP contribution is -2.38. The standard InChI is InChI=1S/C22H27N5O.HI/c1-3-23-22(25-17-19-6-4-7-21(16-19)28-2)24-14-12-18-8-10-20(11-9-18)27-15-5-13-26-27;/h4-11,13,15-16H,3,12,14,17H2,1-2H3,(H2,23,24,25);1H. The number of nitrogens with zero attached hydrogens (tertiary/aromatic N) is 3. The predicted molar refractivity (Wildman–Crippen MR) is 128 cm³/mol. The first kappa shape index (κ1) is 22.7. The van der Waals surface area contributed by atoms with Gasteiger partial charge in [0.1, 0.15) is 5.75 Å². The van der Waals surface area contributed by atoms with Crippen molar-refractivity contribution in [2.75, 3.05) is 20.2 Å². The summed E-state index contributed by atoms with van der Waals surface area (Å²) < 4.78 is 7.13. The van der Waals surface area contributed by atoms with Gasteiger partial charge in [0.15, 0.2) is 5.96 Å². The number of hydrogen-bond donors (Lipinski definition) is 2. The van der Waals surface area contributed by atoms with Crippen molar-refractivity contribution in [3.63, 3.8) is 0 Å². The largest absolute Gasteiger partial charge is 0.497 e. The second-order valence-corrected chi connectivity index (χ2v) is 6.34. The Hall–Kier alpha value is -2.55. The van der Waals surface area contributed by atoms with Crippen LogP contribution in [0.2, 0.25) is 0 Å². The summed E-state index contributed by atoms with van der Waals surface area (Å²) in [5.41, 5.74) is 3.45. The smallest absolute Gasteiger partial charge is 0.191 e. The van der Waals surface area contributed by atoms with Crippen molar-refractivity contribution in [1.82, 2.24) is 20.4 Å². The van der Waals surface area contributed by atoms with E-state index >= 15 is 0 Å². The summed E-state index contributed by atoms with van der Waals surface area (Å²) in [6.45, 7) is 4.30. The van der Waals surface area contributed by atoms with E-state index in [1.807, 2.05) is 35.1 Å². The van der Waals surface area contributed by atoms with Crippen LogP contribution in [-0.2, 0) is 13.0 Å². The SMILES string of the molecule is CCNC(=NCc1cccc(OC)c1)NCCc1ccc(-n2cccn2)cc1.I. The third kappa shape index (κ3) is 7.08. The number of methoxy groups -OCH3 is 1. The highest BCUT2D eigenvalue weighted by Crippen LogP contribution is 2.13. The zero-order valence-electron chi connectivity index (χ0n) is 16.8. The number of aromatic nitrogens is 2. The fraction of sp³-hybridized carbons (Fsp3) is 0.273. The average Bonchev–Trinajstić information content (AvgIpc) is 3.27. The van der Waals surface area contributed by atoms with Crippen LogP contribution in [0, 0.1) is 0 Å². The summed E-state index contributed by atoms with van der Waals surface area (Å²) in [4.78, 5) is 4.67. The highest BCUT2D eigenvalue weighted by molar-refractivity contribution is 14.0. The van der Waals surface area contributed by atoms with Gasteiger partial charge in [0.2, 0.25) is 0 Å². The highest BCUT2D eigenvalue weighted by Gasteiger charge is 2.01. The third-order valence-electron chi connectivity index (χ3n) is 4.31. The molecule has 3 aromatic rings. The number of nitrogens with one attached hydrogen (secondary N) is 2. The van der Waals surface area contributed by atoms with Gasteiger partial charge in [-0.1, -0.05) is 24.3 Å². The second kappa shape index (κ2) is 12.1. The molecule has 0 radical (unpaired) electrons. The first-order chi connectivity index (χ1) is 13.8. The molecule has 7 heteroatoms. The molecule has 0 aliphatic heterocycles. The van der Waals surface area contributed by atoms with Crippen molar-refractivity contribution in [2.45, 2.75) is 19.9 Å². The Labute approximate surface area is 189 Å². The van der Waals surface area contributed by atoms with Crippen LogP contribution in [0.1, 0.15) is 18.1 Å². The molecule has 29 heavy (non-hydrogen) atoms. The van der Waals surface area contributed by atoms with Crippen LogP contribution in [0.15, 0.2) is 72.0 Å². The van der Waals surface area contributed by atoms with Crippen molar-refractivity contribution in [3.8, 4) is 11.4 Å². The Morgan fingerprint density at radius 2 is 1.90 bits per heavy atom. The molecule has 0 atom stereocenters. The van der Waals surface area contributed by atoms with E-state index in [4.69, 9.17) is 4.74 Å². The Morgan fingerprint density at radius 1 is 1.07 bits per heavy atom. The van der Waals surface area contributed by atoms with Gasteiger partial charge < -0.3 is 15.4 Å². The van der Waals surface area contributed by atoms with Gasteiger partial charge in [0, 0.05) is 25.5 Å². The Kier molecular flexibility index (Phi) is 9.49. The molecule has 154 valence electrons. The minimum absolute atomic E-state index is 0. The van der Waals surface area contributed by atoms with Gasteiger partial charge in [0.25, 0.3) is 0 Å². The molecule has 0 spiro atoms. The Morgan fingerprint density at radius 3 is 2.59 bits per heavy atom. The molecule has 0 saturated carbocycles. The second-order valence-electron chi connectivity index (χ2n) is 6.34. The fourth-order valence-corrected chi connectivity index (χ4v) is 2.85. The van der Waals surface area contributed by atoms with E-state index in [0.717, 1.165) is 42.5 Å². The molecule has 2 aromatic carbocycles. The van der Waals surface area contributed by atoms with Crippen LogP contribution in [0.4, 0.5) is 0 Å². The van der Waals surface area contributed by atoms with E-state index in [-0.39, 0.29) is 24.0 Å². The van der Waals surface area contributed by atoms with Crippen LogP contribution in [-0.4, -0.2) is 35.9 Å². The Balaban J connectivity index is 0.00000300. The molecule has 0 saturated heterocycles. The van der Waals surface area contributed by atoms with Gasteiger partial charge in [-0.2, -0.15) is 5.10 Å². The first-order valence-corrected chi connectivity index (χ1v) is 9.52. The van der Waals surface area contributed by atoms with Crippen LogP contribution >= 0.6 is 24.0 Å². The van der Waals surface area contributed by atoms with Crippen molar-refractivity contribution < 1.29 is 4.74 Å². The van der Waals surface area contributed by atoms with Crippen molar-refractivity contribution >= 4 is 29.9 Å². The minimum atomic E-state index is 0. The summed E-state index contributed by atoms with van der Waals surface area (Å²) in [6.07, 6.45) is 4.64. The van der Waals surface area contributed by atoms with Crippen molar-refractivity contribution in [2.24, 2.45) is 4.99 Å². The first-order valence-electron chi connectivity index (χ1n) is 9.52. The van der Waals surface area contributed by atoms with E-state index in [1.165, 1.54) is 5.56 Å². The summed E-state index contributed by atoms with van der Waals surface area (Å²) in [5, 5.41) is 10.9. The maximum atomic E-state index is 5.27. The number of ether oxygens (including phenoxy) is 1. The summed E-state index contributed by atoms with van der Waals surface area (Å²) in [7, 11) is 1.68.